The zero-order chi connectivity index (χ0) is 34.0. The van der Waals surface area contributed by atoms with Crippen molar-refractivity contribution in [2.45, 2.75) is 66.1 Å². The molecule has 0 saturated carbocycles. The fourth-order valence-electron chi connectivity index (χ4n) is 5.10. The van der Waals surface area contributed by atoms with Crippen LogP contribution in [0, 0.1) is 10.1 Å². The summed E-state index contributed by atoms with van der Waals surface area (Å²) in [4.78, 5) is 53.8. The van der Waals surface area contributed by atoms with E-state index in [4.69, 9.17) is 9.39 Å². The number of unbranched alkanes of at least 4 members (excludes halogenated alkanes) is 2. The number of amides is 2. The summed E-state index contributed by atoms with van der Waals surface area (Å²) < 4.78 is 30.5. The van der Waals surface area contributed by atoms with Crippen LogP contribution in [0.25, 0.3) is 0 Å². The van der Waals surface area contributed by atoms with Crippen molar-refractivity contribution in [2.24, 2.45) is 10.2 Å². The van der Waals surface area contributed by atoms with Crippen LogP contribution in [0.3, 0.4) is 0 Å². The van der Waals surface area contributed by atoms with Gasteiger partial charge in [-0.25, -0.2) is 4.79 Å². The summed E-state index contributed by atoms with van der Waals surface area (Å²) in [6.45, 7) is 1.97. The maximum absolute atomic E-state index is 12.0. The molecule has 2 aromatic carbocycles. The maximum atomic E-state index is 12.0. The lowest BCUT2D eigenvalue weighted by Gasteiger charge is -2.31. The number of carbonyl (C=O) groups excluding carboxylic acids is 3. The molecule has 2 aromatic rings. The maximum Gasteiger partial charge on any atom is 0.333 e. The summed E-state index contributed by atoms with van der Waals surface area (Å²) in [5.41, 5.74) is 3.46. The number of alkyl halides is 1. The number of hydrogen-bond donors (Lipinski definition) is 2. The molecule has 0 spiro atoms. The molecule has 254 valence electrons. The number of nitrogens with zero attached hydrogens (tertiary/aromatic N) is 5. The van der Waals surface area contributed by atoms with E-state index >= 15 is 0 Å². The van der Waals surface area contributed by atoms with Crippen LogP contribution in [0.2, 0.25) is 0 Å². The van der Waals surface area contributed by atoms with Gasteiger partial charge in [0.1, 0.15) is 0 Å². The van der Waals surface area contributed by atoms with Crippen molar-refractivity contribution in [1.29, 1.82) is 0 Å². The Hall–Kier alpha value is -3.36. The van der Waals surface area contributed by atoms with Gasteiger partial charge in [0.15, 0.2) is 3.38 Å². The molecule has 0 radical (unpaired) electrons. The minimum Gasteiger partial charge on any atom is -0.384 e. The summed E-state index contributed by atoms with van der Waals surface area (Å²) in [5.74, 6) is -1.95. The number of imide groups is 1. The topological polar surface area (TPSA) is 201 Å². The zero-order valence-electron chi connectivity index (χ0n) is 25.4. The second-order valence-electron chi connectivity index (χ2n) is 10.9. The molecule has 2 N–H and O–H groups in total. The van der Waals surface area contributed by atoms with Crippen molar-refractivity contribution in [1.82, 2.24) is 5.06 Å². The number of rotatable bonds is 17. The first-order chi connectivity index (χ1) is 22.4. The van der Waals surface area contributed by atoms with Gasteiger partial charge in [0, 0.05) is 67.3 Å². The van der Waals surface area contributed by atoms with Gasteiger partial charge >= 0.3 is 5.97 Å². The highest BCUT2D eigenvalue weighted by atomic mass is 127. The molecular weight excluding hydrogens is 767 g/mol. The SMILES string of the molecule is O=C(CCCCCN1CCCc2cc(N=NC(I)Sc3cc([N+](=O)[O-])ccc3NCCCS(=O)(=O)O)ccc21)ON1C(=O)CCC1=O. The van der Waals surface area contributed by atoms with Crippen LogP contribution in [-0.4, -0.2) is 69.5 Å². The first-order valence-corrected chi connectivity index (χ1v) is 18.8. The molecule has 1 fully saturated rings. The molecule has 15 nitrogen and oxygen atoms in total. The Morgan fingerprint density at radius 2 is 1.87 bits per heavy atom. The number of azo groups is 1. The smallest absolute Gasteiger partial charge is 0.333 e. The van der Waals surface area contributed by atoms with Gasteiger partial charge in [-0.1, -0.05) is 18.2 Å². The lowest BCUT2D eigenvalue weighted by molar-refractivity contribution is -0.385. The predicted molar refractivity (Wildman–Crippen MR) is 183 cm³/mol. The third-order valence-electron chi connectivity index (χ3n) is 7.34. The molecule has 4 rings (SSSR count). The molecule has 0 aromatic heterocycles. The zero-order valence-corrected chi connectivity index (χ0v) is 29.2. The van der Waals surface area contributed by atoms with Crippen LogP contribution in [0.5, 0.6) is 0 Å². The fourth-order valence-corrected chi connectivity index (χ4v) is 7.31. The van der Waals surface area contributed by atoms with E-state index in [1.807, 2.05) is 18.2 Å². The molecule has 2 aliphatic rings. The number of halogens is 1. The first-order valence-electron chi connectivity index (χ1n) is 15.0. The monoisotopic (exact) mass is 802 g/mol. The van der Waals surface area contributed by atoms with Gasteiger partial charge < -0.3 is 15.1 Å². The highest BCUT2D eigenvalue weighted by Gasteiger charge is 2.32. The number of anilines is 2. The van der Waals surface area contributed by atoms with E-state index in [2.05, 4.69) is 43.0 Å². The Morgan fingerprint density at radius 1 is 1.11 bits per heavy atom. The molecule has 2 heterocycles. The van der Waals surface area contributed by atoms with E-state index in [0.29, 0.717) is 27.8 Å². The van der Waals surface area contributed by atoms with Crippen LogP contribution in [0.15, 0.2) is 51.5 Å². The molecule has 1 saturated heterocycles. The number of hydroxylamine groups is 2. The number of benzene rings is 2. The second-order valence-corrected chi connectivity index (χ2v) is 15.6. The normalized spacial score (nSPS) is 15.6. The number of fused-ring (bicyclic) bond motifs is 1. The Bertz CT molecular complexity index is 1610. The number of non-ortho nitro benzene ring substituents is 1. The number of aryl methyl sites for hydroxylation is 1. The average Bonchev–Trinajstić information content (AvgIpc) is 3.33. The van der Waals surface area contributed by atoms with Crippen LogP contribution in [-0.2, 0) is 35.8 Å². The third kappa shape index (κ3) is 11.4. The average molecular weight is 803 g/mol. The van der Waals surface area contributed by atoms with Crippen molar-refractivity contribution in [3.63, 3.8) is 0 Å². The molecule has 1 atom stereocenters. The number of hydrogen-bond acceptors (Lipinski definition) is 13. The van der Waals surface area contributed by atoms with Crippen LogP contribution in [0.4, 0.5) is 22.7 Å². The largest absolute Gasteiger partial charge is 0.384 e. The first kappa shape index (κ1) is 36.5. The van der Waals surface area contributed by atoms with Gasteiger partial charge in [0.2, 0.25) is 0 Å². The number of nitro groups is 1. The molecule has 18 heteroatoms. The quantitative estimate of drug-likeness (QED) is 0.0186. The van der Waals surface area contributed by atoms with Gasteiger partial charge in [-0.15, -0.1) is 5.06 Å². The molecule has 2 aliphatic heterocycles. The Labute approximate surface area is 289 Å². The lowest BCUT2D eigenvalue weighted by atomic mass is 10.0. The third-order valence-corrected chi connectivity index (χ3v) is 10.0. The van der Waals surface area contributed by atoms with Crippen LogP contribution in [0.1, 0.15) is 56.9 Å². The van der Waals surface area contributed by atoms with E-state index in [0.717, 1.165) is 50.0 Å². The summed E-state index contributed by atoms with van der Waals surface area (Å²) >= 11 is 3.34. The van der Waals surface area contributed by atoms with E-state index < -0.39 is 42.0 Å². The van der Waals surface area contributed by atoms with Gasteiger partial charge in [0.05, 0.1) is 16.4 Å². The summed E-state index contributed by atoms with van der Waals surface area (Å²) in [6.07, 6.45) is 4.55. The molecule has 47 heavy (non-hydrogen) atoms. The van der Waals surface area contributed by atoms with Crippen molar-refractivity contribution < 1.29 is 37.1 Å². The highest BCUT2D eigenvalue weighted by molar-refractivity contribution is 14.1. The fraction of sp³-hybridized carbons (Fsp3) is 0.483. The van der Waals surface area contributed by atoms with Crippen molar-refractivity contribution in [3.8, 4) is 0 Å². The van der Waals surface area contributed by atoms with E-state index in [-0.39, 0.29) is 37.9 Å². The summed E-state index contributed by atoms with van der Waals surface area (Å²) in [6, 6.07) is 10.3. The van der Waals surface area contributed by atoms with Crippen molar-refractivity contribution in [3.05, 3.63) is 52.1 Å². The van der Waals surface area contributed by atoms with Gasteiger partial charge in [-0.05, 0) is 84.5 Å². The van der Waals surface area contributed by atoms with Crippen molar-refractivity contribution in [2.75, 3.05) is 35.6 Å². The molecule has 2 amide bonds. The Morgan fingerprint density at radius 3 is 2.60 bits per heavy atom. The minimum atomic E-state index is -4.08. The number of thioether (sulfide) groups is 1. The summed E-state index contributed by atoms with van der Waals surface area (Å²) in [7, 11) is -4.08. The van der Waals surface area contributed by atoms with Gasteiger partial charge in [0.25, 0.3) is 27.6 Å². The van der Waals surface area contributed by atoms with E-state index in [1.54, 1.807) is 6.07 Å². The number of nitrogens with one attached hydrogen (secondary N) is 1. The van der Waals surface area contributed by atoms with E-state index in [9.17, 15) is 32.9 Å². The molecule has 1 unspecified atom stereocenters. The van der Waals surface area contributed by atoms with Gasteiger partial charge in [-0.3, -0.25) is 24.3 Å². The van der Waals surface area contributed by atoms with Crippen LogP contribution < -0.4 is 10.2 Å². The summed E-state index contributed by atoms with van der Waals surface area (Å²) in [5, 5.41) is 23.8. The molecule has 0 bridgehead atoms. The Kier molecular flexibility index (Phi) is 13.3. The number of nitro benzene ring substituents is 1. The number of carbonyl (C=O) groups is 3. The second kappa shape index (κ2) is 17.2. The molecule has 0 aliphatic carbocycles. The van der Waals surface area contributed by atoms with Gasteiger partial charge in [-0.2, -0.15) is 18.6 Å². The minimum absolute atomic E-state index is 0.0699. The van der Waals surface area contributed by atoms with Crippen molar-refractivity contribution >= 4 is 85.0 Å². The Balaban J connectivity index is 1.27. The van der Waals surface area contributed by atoms with E-state index in [1.165, 1.54) is 23.9 Å². The lowest BCUT2D eigenvalue weighted by Crippen LogP contribution is -2.32. The standard InChI is InChI=1S/C29H35IN6O9S2/c30-29(46-25-19-22(36(40)41)9-10-23(25)31-14-5-17-47(42,43)44)33-32-21-8-11-24-20(18-21)6-4-16-34(24)15-3-1-2-7-28(39)45-35-26(37)12-13-27(35)38/h8-11,18-19,29,31H,1-7,12-17H2,(H,42,43,44). The molecular formula is C29H35IN6O9S2. The van der Waals surface area contributed by atoms with Crippen LogP contribution >= 0.6 is 34.4 Å². The highest BCUT2D eigenvalue weighted by Crippen LogP contribution is 2.38. The predicted octanol–water partition coefficient (Wildman–Crippen LogP) is 5.80.